The lowest BCUT2D eigenvalue weighted by Crippen LogP contribution is -2.65. The molecule has 6 aliphatic carbocycles. The van der Waals surface area contributed by atoms with Crippen molar-refractivity contribution in [3.8, 4) is 6.07 Å². The molecule has 0 radical (unpaired) electrons. The molecule has 7 rings (SSSR count). The van der Waals surface area contributed by atoms with Crippen molar-refractivity contribution in [1.29, 1.82) is 5.26 Å². The van der Waals surface area contributed by atoms with Crippen LogP contribution in [-0.4, -0.2) is 28.9 Å². The first-order valence-electron chi connectivity index (χ1n) is 15.6. The zero-order chi connectivity index (χ0) is 29.2. The molecule has 7 nitrogen and oxygen atoms in total. The Kier molecular flexibility index (Phi) is 5.50. The van der Waals surface area contributed by atoms with Crippen molar-refractivity contribution >= 4 is 11.6 Å². The largest absolute Gasteiger partial charge is 0.422 e. The zero-order valence-corrected chi connectivity index (χ0v) is 25.4. The number of Topliss-reactive ketones (excluding diaryl/α,β-unsaturated/α-hetero) is 1. The minimum absolute atomic E-state index is 0.0391. The van der Waals surface area contributed by atoms with Crippen LogP contribution in [0, 0.1) is 56.2 Å². The van der Waals surface area contributed by atoms with Gasteiger partial charge in [-0.25, -0.2) is 0 Å². The monoisotopic (exact) mass is 557 g/mol. The predicted octanol–water partition coefficient (Wildman–Crippen LogP) is 6.44. The molecule has 0 amide bonds. The van der Waals surface area contributed by atoms with Crippen LogP contribution in [-0.2, 0) is 26.3 Å². The van der Waals surface area contributed by atoms with E-state index in [0.29, 0.717) is 17.4 Å². The van der Waals surface area contributed by atoms with Gasteiger partial charge in [-0.3, -0.25) is 9.59 Å². The Morgan fingerprint density at radius 3 is 2.39 bits per heavy atom. The summed E-state index contributed by atoms with van der Waals surface area (Å²) in [6.45, 7) is 11.9. The van der Waals surface area contributed by atoms with Crippen LogP contribution in [0.2, 0.25) is 0 Å². The van der Waals surface area contributed by atoms with Gasteiger partial charge in [0.15, 0.2) is 11.6 Å². The zero-order valence-electron chi connectivity index (χ0n) is 25.4. The van der Waals surface area contributed by atoms with E-state index in [1.54, 1.807) is 7.11 Å². The Morgan fingerprint density at radius 2 is 1.71 bits per heavy atom. The average molecular weight is 558 g/mol. The number of hydrogen-bond donors (Lipinski definition) is 0. The molecule has 0 unspecified atom stereocenters. The SMILES string of the molecule is COCc1nnc([C@]23CCC(C)(C)C[C@H]2[C@H]2C(=O)C=C4[C@@]5(C)C=C(C#N)C(=O)C6(CC6)[C@@H]5CC[C@@]4(C)[C@]2(C)CC3)o1. The van der Waals surface area contributed by atoms with Gasteiger partial charge in [0, 0.05) is 23.9 Å². The second-order valence-corrected chi connectivity index (χ2v) is 15.8. The van der Waals surface area contributed by atoms with E-state index in [0.717, 1.165) is 57.8 Å². The number of hydrogen-bond acceptors (Lipinski definition) is 7. The van der Waals surface area contributed by atoms with E-state index in [4.69, 9.17) is 9.15 Å². The summed E-state index contributed by atoms with van der Waals surface area (Å²) in [6, 6.07) is 2.24. The summed E-state index contributed by atoms with van der Waals surface area (Å²) in [4.78, 5) is 28.0. The van der Waals surface area contributed by atoms with Gasteiger partial charge < -0.3 is 9.15 Å². The van der Waals surface area contributed by atoms with E-state index in [1.807, 2.05) is 12.2 Å². The van der Waals surface area contributed by atoms with Crippen molar-refractivity contribution in [2.24, 2.45) is 44.8 Å². The molecule has 7 atom stereocenters. The van der Waals surface area contributed by atoms with Gasteiger partial charge in [0.25, 0.3) is 0 Å². The minimum atomic E-state index is -0.464. The highest BCUT2D eigenvalue weighted by Gasteiger charge is 2.73. The van der Waals surface area contributed by atoms with Crippen molar-refractivity contribution in [3.63, 3.8) is 0 Å². The highest BCUT2D eigenvalue weighted by atomic mass is 16.5. The smallest absolute Gasteiger partial charge is 0.242 e. The standard InChI is InChI=1S/C34H43N3O4/c1-29(2)9-11-33(28-37-36-25(41-28)19-40-6)12-10-32(5)26(21(33)17-29)22(38)15-24-30(3)16-20(18-35)27(39)34(13-14-34)23(30)7-8-31(24,32)4/h15-16,21,23,26H,7-14,17,19H2,1-6H3/t21-,23+,26-,30-,31+,32+,33-/m0/s1. The summed E-state index contributed by atoms with van der Waals surface area (Å²) in [7, 11) is 1.63. The third-order valence-electron chi connectivity index (χ3n) is 13.5. The number of methoxy groups -OCH3 is 1. The Bertz CT molecular complexity index is 1460. The topological polar surface area (TPSA) is 106 Å². The molecule has 1 heterocycles. The molecule has 1 spiro atoms. The molecule has 0 N–H and O–H groups in total. The summed E-state index contributed by atoms with van der Waals surface area (Å²) >= 11 is 0. The number of carbonyl (C=O) groups is 2. The van der Waals surface area contributed by atoms with Crippen LogP contribution in [0.5, 0.6) is 0 Å². The lowest BCUT2D eigenvalue weighted by atomic mass is 9.34. The predicted molar refractivity (Wildman–Crippen MR) is 151 cm³/mol. The lowest BCUT2D eigenvalue weighted by molar-refractivity contribution is -0.160. The van der Waals surface area contributed by atoms with Crippen molar-refractivity contribution in [2.75, 3.05) is 7.11 Å². The fraction of sp³-hybridized carbons (Fsp3) is 0.735. The number of carbonyl (C=O) groups excluding carboxylic acids is 2. The second kappa shape index (κ2) is 8.28. The Labute approximate surface area is 243 Å². The molecular formula is C34H43N3O4. The number of ketones is 2. The van der Waals surface area contributed by atoms with Crippen LogP contribution in [0.15, 0.2) is 27.7 Å². The summed E-state index contributed by atoms with van der Waals surface area (Å²) in [5, 5.41) is 18.9. The van der Waals surface area contributed by atoms with Crippen LogP contribution in [0.3, 0.4) is 0 Å². The van der Waals surface area contributed by atoms with E-state index < -0.39 is 10.8 Å². The van der Waals surface area contributed by atoms with E-state index in [-0.39, 0.29) is 57.6 Å². The molecule has 0 aromatic carbocycles. The molecule has 41 heavy (non-hydrogen) atoms. The van der Waals surface area contributed by atoms with Gasteiger partial charge in [0.05, 0.1) is 11.0 Å². The van der Waals surface area contributed by atoms with Gasteiger partial charge in [0.1, 0.15) is 12.7 Å². The first-order chi connectivity index (χ1) is 19.3. The van der Waals surface area contributed by atoms with Crippen molar-refractivity contribution in [3.05, 3.63) is 35.1 Å². The van der Waals surface area contributed by atoms with Crippen LogP contribution in [0.4, 0.5) is 0 Å². The third-order valence-corrected chi connectivity index (χ3v) is 13.5. The van der Waals surface area contributed by atoms with Crippen LogP contribution in [0.25, 0.3) is 0 Å². The highest BCUT2D eigenvalue weighted by molar-refractivity contribution is 6.06. The Hall–Kier alpha value is -2.59. The molecule has 0 bridgehead atoms. The quantitative estimate of drug-likeness (QED) is 0.421. The van der Waals surface area contributed by atoms with Gasteiger partial charge in [-0.15, -0.1) is 10.2 Å². The molecule has 7 heteroatoms. The number of allylic oxidation sites excluding steroid dienone is 4. The molecule has 6 aliphatic rings. The number of nitrogens with zero attached hydrogens (tertiary/aromatic N) is 3. The molecule has 4 saturated carbocycles. The normalized spacial score (nSPS) is 43.6. The number of rotatable bonds is 3. The molecule has 1 aromatic rings. The lowest BCUT2D eigenvalue weighted by Gasteiger charge is -2.68. The number of ether oxygens (including phenoxy) is 1. The fourth-order valence-electron chi connectivity index (χ4n) is 11.0. The van der Waals surface area contributed by atoms with Gasteiger partial charge in [-0.2, -0.15) is 5.26 Å². The summed E-state index contributed by atoms with van der Waals surface area (Å²) in [5.74, 6) is 1.52. The highest BCUT2D eigenvalue weighted by Crippen LogP contribution is 2.76. The van der Waals surface area contributed by atoms with Gasteiger partial charge >= 0.3 is 0 Å². The van der Waals surface area contributed by atoms with Gasteiger partial charge in [-0.1, -0.05) is 46.3 Å². The maximum Gasteiger partial charge on any atom is 0.242 e. The van der Waals surface area contributed by atoms with Gasteiger partial charge in [-0.05, 0) is 91.9 Å². The van der Waals surface area contributed by atoms with E-state index in [1.165, 1.54) is 5.57 Å². The molecule has 1 aromatic heterocycles. The first-order valence-corrected chi connectivity index (χ1v) is 15.6. The van der Waals surface area contributed by atoms with E-state index in [2.05, 4.69) is 50.9 Å². The maximum atomic E-state index is 14.7. The van der Waals surface area contributed by atoms with Crippen molar-refractivity contribution in [2.45, 2.75) is 104 Å². The number of nitriles is 1. The van der Waals surface area contributed by atoms with Crippen LogP contribution >= 0.6 is 0 Å². The number of fused-ring (bicyclic) bond motifs is 8. The fourth-order valence-corrected chi connectivity index (χ4v) is 11.0. The van der Waals surface area contributed by atoms with E-state index >= 15 is 0 Å². The maximum absolute atomic E-state index is 14.7. The summed E-state index contributed by atoms with van der Waals surface area (Å²) in [5.41, 5.74) is -0.0842. The Morgan fingerprint density at radius 1 is 1.00 bits per heavy atom. The summed E-state index contributed by atoms with van der Waals surface area (Å²) < 4.78 is 11.6. The minimum Gasteiger partial charge on any atom is -0.422 e. The molecular weight excluding hydrogens is 514 g/mol. The second-order valence-electron chi connectivity index (χ2n) is 15.8. The molecule has 0 aliphatic heterocycles. The number of aromatic nitrogens is 2. The van der Waals surface area contributed by atoms with E-state index in [9.17, 15) is 14.9 Å². The average Bonchev–Trinajstić information content (AvgIpc) is 3.57. The van der Waals surface area contributed by atoms with Crippen molar-refractivity contribution < 1.29 is 18.7 Å². The van der Waals surface area contributed by atoms with Crippen LogP contribution < -0.4 is 0 Å². The van der Waals surface area contributed by atoms with Crippen molar-refractivity contribution in [1.82, 2.24) is 10.2 Å². The molecule has 218 valence electrons. The first kappa shape index (κ1) is 27.3. The van der Waals surface area contributed by atoms with Crippen LogP contribution in [0.1, 0.15) is 104 Å². The molecule has 0 saturated heterocycles. The summed E-state index contributed by atoms with van der Waals surface area (Å²) in [6.07, 6.45) is 12.3. The van der Waals surface area contributed by atoms with Gasteiger partial charge in [0.2, 0.25) is 11.8 Å². The third kappa shape index (κ3) is 3.29. The Balaban J connectivity index is 1.38. The molecule has 4 fully saturated rings.